The summed E-state index contributed by atoms with van der Waals surface area (Å²) in [4.78, 5) is 2.41. The van der Waals surface area contributed by atoms with Crippen LogP contribution in [0.3, 0.4) is 0 Å². The van der Waals surface area contributed by atoms with Gasteiger partial charge in [-0.25, -0.2) is 0 Å². The van der Waals surface area contributed by atoms with Crippen LogP contribution in [0.5, 0.6) is 0 Å². The number of rotatable bonds is 14. The highest BCUT2D eigenvalue weighted by molar-refractivity contribution is 5.15. The highest BCUT2D eigenvalue weighted by Crippen LogP contribution is 2.33. The first kappa shape index (κ1) is 29.6. The number of benzene rings is 3. The van der Waals surface area contributed by atoms with Gasteiger partial charge in [-0.3, -0.25) is 4.90 Å². The monoisotopic (exact) mass is 557 g/mol. The van der Waals surface area contributed by atoms with E-state index in [1.165, 1.54) is 6.42 Å². The molecule has 0 aliphatic carbocycles. The molecule has 0 bridgehead atoms. The summed E-state index contributed by atoms with van der Waals surface area (Å²) in [5.74, 6) is 0. The fraction of sp³-hybridized carbons (Fsp3) is 0.429. The molecule has 2 saturated heterocycles. The van der Waals surface area contributed by atoms with Crippen molar-refractivity contribution in [3.8, 4) is 0 Å². The predicted molar refractivity (Wildman–Crippen MR) is 160 cm³/mol. The normalized spacial score (nSPS) is 25.1. The molecule has 3 aromatic rings. The smallest absolute Gasteiger partial charge is 0.140 e. The van der Waals surface area contributed by atoms with Crippen molar-refractivity contribution in [3.05, 3.63) is 120 Å². The Labute approximate surface area is 244 Å². The molecule has 2 heterocycles. The summed E-state index contributed by atoms with van der Waals surface area (Å²) in [5, 5.41) is 0. The Kier molecular flexibility index (Phi) is 11.5. The van der Waals surface area contributed by atoms with E-state index in [1.54, 1.807) is 6.08 Å². The molecule has 6 heteroatoms. The molecular weight excluding hydrogens is 514 g/mol. The third-order valence-electron chi connectivity index (χ3n) is 7.73. The fourth-order valence-electron chi connectivity index (χ4n) is 5.64. The first-order chi connectivity index (χ1) is 20.3. The number of likely N-dealkylation sites (tertiary alicyclic amines) is 1. The van der Waals surface area contributed by atoms with Gasteiger partial charge in [0, 0.05) is 13.1 Å². The van der Waals surface area contributed by atoms with Gasteiger partial charge in [-0.15, -0.1) is 6.58 Å². The summed E-state index contributed by atoms with van der Waals surface area (Å²) in [6.07, 6.45) is 3.60. The molecule has 5 atom stereocenters. The van der Waals surface area contributed by atoms with Crippen LogP contribution >= 0.6 is 0 Å². The number of hydrogen-bond acceptors (Lipinski definition) is 6. The molecule has 0 amide bonds. The van der Waals surface area contributed by atoms with E-state index < -0.39 is 6.10 Å². The SMILES string of the molecule is C=CCO[C@@H]1[C@@H](OCc2ccccc2)[C@H](OCc2ccccc2)[C@@H](COCc2ccccc2)O[C@H]1N1CCCCC1. The standard InChI is InChI=1S/C35H43NO5/c1-2-23-38-34-33(40-26-30-19-11-5-12-20-30)32(39-25-29-17-9-4-10-18-29)31(27-37-24-28-15-7-3-8-16-28)41-35(34)36-21-13-6-14-22-36/h2-5,7-12,15-20,31-35H,1,6,13-14,21-27H2/t31-,32-,33+,34-,35-/m1/s1. The van der Waals surface area contributed by atoms with Crippen LogP contribution in [0.15, 0.2) is 104 Å². The van der Waals surface area contributed by atoms with E-state index in [0.29, 0.717) is 33.0 Å². The van der Waals surface area contributed by atoms with Crippen molar-refractivity contribution >= 4 is 0 Å². The van der Waals surface area contributed by atoms with Gasteiger partial charge >= 0.3 is 0 Å². The summed E-state index contributed by atoms with van der Waals surface area (Å²) in [5.41, 5.74) is 3.33. The van der Waals surface area contributed by atoms with Gasteiger partial charge in [-0.1, -0.05) is 103 Å². The summed E-state index contributed by atoms with van der Waals surface area (Å²) < 4.78 is 33.1. The van der Waals surface area contributed by atoms with Crippen LogP contribution in [-0.2, 0) is 43.5 Å². The molecule has 3 aromatic carbocycles. The van der Waals surface area contributed by atoms with Crippen LogP contribution < -0.4 is 0 Å². The van der Waals surface area contributed by atoms with Gasteiger partial charge in [0.1, 0.15) is 30.6 Å². The third-order valence-corrected chi connectivity index (χ3v) is 7.73. The number of hydrogen-bond donors (Lipinski definition) is 0. The topological polar surface area (TPSA) is 49.4 Å². The van der Waals surface area contributed by atoms with Gasteiger partial charge in [0.2, 0.25) is 0 Å². The summed E-state index contributed by atoms with van der Waals surface area (Å²) in [6, 6.07) is 30.7. The molecule has 6 nitrogen and oxygen atoms in total. The number of piperidine rings is 1. The molecule has 2 aliphatic rings. The lowest BCUT2D eigenvalue weighted by atomic mass is 9.95. The van der Waals surface area contributed by atoms with Crippen LogP contribution in [0.2, 0.25) is 0 Å². The van der Waals surface area contributed by atoms with Crippen LogP contribution in [-0.4, -0.2) is 61.8 Å². The van der Waals surface area contributed by atoms with E-state index in [9.17, 15) is 0 Å². The Balaban J connectivity index is 1.42. The van der Waals surface area contributed by atoms with Crippen molar-refractivity contribution in [2.24, 2.45) is 0 Å². The Morgan fingerprint density at radius 1 is 0.659 bits per heavy atom. The summed E-state index contributed by atoms with van der Waals surface area (Å²) in [7, 11) is 0. The zero-order chi connectivity index (χ0) is 28.1. The van der Waals surface area contributed by atoms with Gasteiger partial charge in [0.15, 0.2) is 0 Å². The zero-order valence-corrected chi connectivity index (χ0v) is 23.9. The van der Waals surface area contributed by atoms with Crippen molar-refractivity contribution in [2.45, 2.75) is 69.7 Å². The van der Waals surface area contributed by atoms with Crippen LogP contribution in [0.4, 0.5) is 0 Å². The van der Waals surface area contributed by atoms with Crippen molar-refractivity contribution in [2.75, 3.05) is 26.3 Å². The van der Waals surface area contributed by atoms with E-state index in [4.69, 9.17) is 23.7 Å². The van der Waals surface area contributed by atoms with Crippen molar-refractivity contribution in [1.82, 2.24) is 4.90 Å². The highest BCUT2D eigenvalue weighted by atomic mass is 16.6. The summed E-state index contributed by atoms with van der Waals surface area (Å²) >= 11 is 0. The Morgan fingerprint density at radius 3 is 1.76 bits per heavy atom. The predicted octanol–water partition coefficient (Wildman–Crippen LogP) is 6.16. The number of nitrogens with zero attached hydrogens (tertiary/aromatic N) is 1. The second kappa shape index (κ2) is 16.0. The van der Waals surface area contributed by atoms with E-state index >= 15 is 0 Å². The van der Waals surface area contributed by atoms with Crippen LogP contribution in [0.25, 0.3) is 0 Å². The van der Waals surface area contributed by atoms with Gasteiger partial charge in [-0.05, 0) is 29.5 Å². The van der Waals surface area contributed by atoms with Crippen LogP contribution in [0, 0.1) is 0 Å². The maximum Gasteiger partial charge on any atom is 0.140 e. The van der Waals surface area contributed by atoms with Crippen LogP contribution in [0.1, 0.15) is 36.0 Å². The van der Waals surface area contributed by atoms with Gasteiger partial charge in [-0.2, -0.15) is 0 Å². The van der Waals surface area contributed by atoms with E-state index in [2.05, 4.69) is 47.9 Å². The minimum Gasteiger partial charge on any atom is -0.374 e. The van der Waals surface area contributed by atoms with E-state index in [-0.39, 0.29) is 24.5 Å². The van der Waals surface area contributed by atoms with Crippen molar-refractivity contribution in [1.29, 1.82) is 0 Å². The molecule has 0 radical (unpaired) electrons. The molecule has 2 fully saturated rings. The van der Waals surface area contributed by atoms with Gasteiger partial charge < -0.3 is 23.7 Å². The molecule has 0 aromatic heterocycles. The Bertz CT molecular complexity index is 1140. The molecule has 41 heavy (non-hydrogen) atoms. The van der Waals surface area contributed by atoms with Gasteiger partial charge in [0.05, 0.1) is 33.0 Å². The lowest BCUT2D eigenvalue weighted by molar-refractivity contribution is -0.297. The first-order valence-electron chi connectivity index (χ1n) is 14.9. The molecule has 0 saturated carbocycles. The zero-order valence-electron chi connectivity index (χ0n) is 23.9. The minimum atomic E-state index is -0.398. The molecule has 5 rings (SSSR count). The lowest BCUT2D eigenvalue weighted by Crippen LogP contribution is -2.65. The second-order valence-corrected chi connectivity index (χ2v) is 10.8. The average Bonchev–Trinajstić information content (AvgIpc) is 3.04. The van der Waals surface area contributed by atoms with E-state index in [0.717, 1.165) is 42.6 Å². The molecule has 2 aliphatic heterocycles. The van der Waals surface area contributed by atoms with Gasteiger partial charge in [0.25, 0.3) is 0 Å². The van der Waals surface area contributed by atoms with Crippen molar-refractivity contribution in [3.63, 3.8) is 0 Å². The number of ether oxygens (including phenoxy) is 5. The molecule has 0 N–H and O–H groups in total. The minimum absolute atomic E-state index is 0.266. The maximum atomic E-state index is 6.89. The molecular formula is C35H43NO5. The van der Waals surface area contributed by atoms with E-state index in [1.807, 2.05) is 54.6 Å². The fourth-order valence-corrected chi connectivity index (χ4v) is 5.64. The molecule has 0 unspecified atom stereocenters. The third kappa shape index (κ3) is 8.58. The molecule has 0 spiro atoms. The average molecular weight is 558 g/mol. The first-order valence-corrected chi connectivity index (χ1v) is 14.9. The second-order valence-electron chi connectivity index (χ2n) is 10.8. The lowest BCUT2D eigenvalue weighted by Gasteiger charge is -2.50. The quantitative estimate of drug-likeness (QED) is 0.222. The molecule has 218 valence electrons. The maximum absolute atomic E-state index is 6.89. The van der Waals surface area contributed by atoms with Crippen molar-refractivity contribution < 1.29 is 23.7 Å². The summed E-state index contributed by atoms with van der Waals surface area (Å²) in [6.45, 7) is 8.04. The Morgan fingerprint density at radius 2 is 1.20 bits per heavy atom. The Hall–Kier alpha value is -2.84. The largest absolute Gasteiger partial charge is 0.374 e. The highest BCUT2D eigenvalue weighted by Gasteiger charge is 2.50.